The minimum atomic E-state index is -0.0457. The zero-order valence-electron chi connectivity index (χ0n) is 10.6. The molecule has 1 N–H and O–H groups in total. The molecule has 1 aromatic rings. The third-order valence-corrected chi connectivity index (χ3v) is 3.01. The Morgan fingerprint density at radius 2 is 2.17 bits per heavy atom. The molecule has 0 atom stereocenters. The Labute approximate surface area is 107 Å². The van der Waals surface area contributed by atoms with Crippen molar-refractivity contribution in [1.29, 1.82) is 0 Å². The van der Waals surface area contributed by atoms with Crippen LogP contribution in [0.15, 0.2) is 24.3 Å². The zero-order valence-corrected chi connectivity index (χ0v) is 10.6. The zero-order chi connectivity index (χ0) is 13.0. The van der Waals surface area contributed by atoms with E-state index >= 15 is 0 Å². The van der Waals surface area contributed by atoms with Gasteiger partial charge in [0.25, 0.3) is 5.91 Å². The van der Waals surface area contributed by atoms with Gasteiger partial charge in [-0.2, -0.15) is 0 Å². The number of hydrogen-bond donors (Lipinski definition) is 1. The topological polar surface area (TPSA) is 49.8 Å². The quantitative estimate of drug-likeness (QED) is 0.834. The van der Waals surface area contributed by atoms with Crippen molar-refractivity contribution in [2.45, 2.75) is 25.8 Å². The molecule has 0 saturated heterocycles. The summed E-state index contributed by atoms with van der Waals surface area (Å²) in [5, 5.41) is 9.06. The first-order valence-electron chi connectivity index (χ1n) is 6.41. The van der Waals surface area contributed by atoms with E-state index in [0.717, 1.165) is 12.8 Å². The lowest BCUT2D eigenvalue weighted by atomic mass is 10.1. The van der Waals surface area contributed by atoms with Crippen molar-refractivity contribution in [1.82, 2.24) is 4.90 Å². The second-order valence-electron chi connectivity index (χ2n) is 4.38. The summed E-state index contributed by atoms with van der Waals surface area (Å²) in [6, 6.07) is 7.56. The van der Waals surface area contributed by atoms with Crippen LogP contribution in [-0.2, 0) is 0 Å². The monoisotopic (exact) mass is 249 g/mol. The van der Waals surface area contributed by atoms with E-state index in [2.05, 4.69) is 0 Å². The van der Waals surface area contributed by atoms with Gasteiger partial charge < -0.3 is 14.7 Å². The molecule has 0 unspecified atom stereocenters. The van der Waals surface area contributed by atoms with Crippen molar-refractivity contribution in [2.24, 2.45) is 0 Å². The van der Waals surface area contributed by atoms with Crippen LogP contribution in [0, 0.1) is 0 Å². The fraction of sp³-hybridized carbons (Fsp3) is 0.500. The molecule has 1 aromatic carbocycles. The molecular formula is C14H19NO3. The van der Waals surface area contributed by atoms with Crippen LogP contribution in [0.25, 0.3) is 0 Å². The van der Waals surface area contributed by atoms with Crippen molar-refractivity contribution in [3.05, 3.63) is 29.8 Å². The highest BCUT2D eigenvalue weighted by Crippen LogP contribution is 2.30. The molecule has 1 amide bonds. The van der Waals surface area contributed by atoms with E-state index in [1.165, 1.54) is 0 Å². The average Bonchev–Trinajstić information content (AvgIpc) is 3.20. The van der Waals surface area contributed by atoms with E-state index in [-0.39, 0.29) is 12.5 Å². The summed E-state index contributed by atoms with van der Waals surface area (Å²) in [6.45, 7) is 2.82. The van der Waals surface area contributed by atoms with Gasteiger partial charge in [0.15, 0.2) is 0 Å². The molecule has 0 aliphatic heterocycles. The van der Waals surface area contributed by atoms with E-state index in [9.17, 15) is 4.79 Å². The molecule has 0 heterocycles. The Balaban J connectivity index is 2.20. The number of ether oxygens (including phenoxy) is 1. The summed E-state index contributed by atoms with van der Waals surface area (Å²) in [5.41, 5.74) is 0.583. The average molecular weight is 249 g/mol. The molecule has 4 nitrogen and oxygen atoms in total. The van der Waals surface area contributed by atoms with E-state index < -0.39 is 0 Å². The lowest BCUT2D eigenvalue weighted by Gasteiger charge is -2.22. The normalized spacial score (nSPS) is 14.3. The van der Waals surface area contributed by atoms with Gasteiger partial charge in [-0.15, -0.1) is 0 Å². The van der Waals surface area contributed by atoms with Crippen LogP contribution in [0.2, 0.25) is 0 Å². The highest BCUT2D eigenvalue weighted by Gasteiger charge is 2.33. The van der Waals surface area contributed by atoms with Gasteiger partial charge in [-0.1, -0.05) is 12.1 Å². The van der Waals surface area contributed by atoms with Crippen LogP contribution >= 0.6 is 0 Å². The number of rotatable bonds is 6. The van der Waals surface area contributed by atoms with Gasteiger partial charge in [-0.05, 0) is 31.9 Å². The fourth-order valence-electron chi connectivity index (χ4n) is 2.02. The lowest BCUT2D eigenvalue weighted by Crippen LogP contribution is -2.35. The first-order chi connectivity index (χ1) is 8.77. The standard InChI is InChI=1S/C14H19NO3/c1-2-18-13-6-4-3-5-12(13)14(17)15(9-10-16)11-7-8-11/h3-6,11,16H,2,7-10H2,1H3. The SMILES string of the molecule is CCOc1ccccc1C(=O)N(CCO)C1CC1. The predicted octanol–water partition coefficient (Wildman–Crippen LogP) is 1.68. The third kappa shape index (κ3) is 2.82. The number of aliphatic hydroxyl groups is 1. The highest BCUT2D eigenvalue weighted by molar-refractivity contribution is 5.97. The predicted molar refractivity (Wildman–Crippen MR) is 68.8 cm³/mol. The van der Waals surface area contributed by atoms with E-state index in [4.69, 9.17) is 9.84 Å². The van der Waals surface area contributed by atoms with Crippen molar-refractivity contribution < 1.29 is 14.6 Å². The van der Waals surface area contributed by atoms with Crippen molar-refractivity contribution >= 4 is 5.91 Å². The van der Waals surface area contributed by atoms with E-state index in [0.29, 0.717) is 30.5 Å². The second kappa shape index (κ2) is 5.87. The lowest BCUT2D eigenvalue weighted by molar-refractivity contribution is 0.0703. The number of amides is 1. The van der Waals surface area contributed by atoms with Gasteiger partial charge in [0.1, 0.15) is 5.75 Å². The van der Waals surface area contributed by atoms with Gasteiger partial charge in [-0.3, -0.25) is 4.79 Å². The van der Waals surface area contributed by atoms with Crippen molar-refractivity contribution in [2.75, 3.05) is 19.8 Å². The molecule has 2 rings (SSSR count). The Morgan fingerprint density at radius 1 is 1.44 bits per heavy atom. The molecule has 1 fully saturated rings. The van der Waals surface area contributed by atoms with Crippen LogP contribution in [0.4, 0.5) is 0 Å². The van der Waals surface area contributed by atoms with Gasteiger partial charge in [0.05, 0.1) is 18.8 Å². The second-order valence-corrected chi connectivity index (χ2v) is 4.38. The maximum Gasteiger partial charge on any atom is 0.257 e. The summed E-state index contributed by atoms with van der Waals surface area (Å²) in [5.74, 6) is 0.573. The maximum atomic E-state index is 12.4. The van der Waals surface area contributed by atoms with Crippen LogP contribution in [0.1, 0.15) is 30.1 Å². The summed E-state index contributed by atoms with van der Waals surface area (Å²) >= 11 is 0. The summed E-state index contributed by atoms with van der Waals surface area (Å²) in [6.07, 6.45) is 2.06. The van der Waals surface area contributed by atoms with Crippen molar-refractivity contribution in [3.63, 3.8) is 0 Å². The van der Waals surface area contributed by atoms with E-state index in [1.807, 2.05) is 19.1 Å². The Hall–Kier alpha value is -1.55. The van der Waals surface area contributed by atoms with Crippen LogP contribution in [-0.4, -0.2) is 41.7 Å². The van der Waals surface area contributed by atoms with Gasteiger partial charge >= 0.3 is 0 Å². The van der Waals surface area contributed by atoms with Crippen LogP contribution in [0.5, 0.6) is 5.75 Å². The molecule has 0 aromatic heterocycles. The Bertz CT molecular complexity index is 415. The molecule has 1 aliphatic rings. The number of benzene rings is 1. The number of para-hydroxylation sites is 1. The minimum absolute atomic E-state index is 0.000951. The number of carbonyl (C=O) groups excluding carboxylic acids is 1. The van der Waals surface area contributed by atoms with Crippen molar-refractivity contribution in [3.8, 4) is 5.75 Å². The Kier molecular flexibility index (Phi) is 4.20. The first kappa shape index (κ1) is 12.9. The smallest absolute Gasteiger partial charge is 0.257 e. The van der Waals surface area contributed by atoms with E-state index in [1.54, 1.807) is 17.0 Å². The summed E-state index contributed by atoms with van der Waals surface area (Å²) in [4.78, 5) is 14.2. The van der Waals surface area contributed by atoms with Crippen LogP contribution < -0.4 is 4.74 Å². The Morgan fingerprint density at radius 3 is 2.78 bits per heavy atom. The highest BCUT2D eigenvalue weighted by atomic mass is 16.5. The molecule has 4 heteroatoms. The number of carbonyl (C=O) groups is 1. The number of nitrogens with zero attached hydrogens (tertiary/aromatic N) is 1. The molecule has 98 valence electrons. The molecular weight excluding hydrogens is 230 g/mol. The molecule has 1 aliphatic carbocycles. The largest absolute Gasteiger partial charge is 0.493 e. The van der Waals surface area contributed by atoms with Gasteiger partial charge in [-0.25, -0.2) is 0 Å². The molecule has 0 spiro atoms. The molecule has 18 heavy (non-hydrogen) atoms. The minimum Gasteiger partial charge on any atom is -0.493 e. The number of aliphatic hydroxyl groups excluding tert-OH is 1. The molecule has 0 bridgehead atoms. The first-order valence-corrected chi connectivity index (χ1v) is 6.41. The molecule has 1 saturated carbocycles. The summed E-state index contributed by atoms with van der Waals surface area (Å²) in [7, 11) is 0. The maximum absolute atomic E-state index is 12.4. The van der Waals surface area contributed by atoms with Crippen LogP contribution in [0.3, 0.4) is 0 Å². The molecule has 0 radical (unpaired) electrons. The van der Waals surface area contributed by atoms with Gasteiger partial charge in [0, 0.05) is 12.6 Å². The summed E-state index contributed by atoms with van der Waals surface area (Å²) < 4.78 is 5.48. The number of hydrogen-bond acceptors (Lipinski definition) is 3. The third-order valence-electron chi connectivity index (χ3n) is 3.01. The fourth-order valence-corrected chi connectivity index (χ4v) is 2.02. The van der Waals surface area contributed by atoms with Gasteiger partial charge in [0.2, 0.25) is 0 Å².